The Morgan fingerprint density at radius 3 is 2.62 bits per heavy atom. The van der Waals surface area contributed by atoms with Crippen molar-refractivity contribution in [3.8, 4) is 0 Å². The third kappa shape index (κ3) is 3.76. The summed E-state index contributed by atoms with van der Waals surface area (Å²) in [6, 6.07) is 3.34. The summed E-state index contributed by atoms with van der Waals surface area (Å²) in [6.07, 6.45) is 3.19. The molecule has 0 saturated heterocycles. The summed E-state index contributed by atoms with van der Waals surface area (Å²) in [5.41, 5.74) is 0.627. The highest BCUT2D eigenvalue weighted by atomic mass is 32.1. The number of amides is 1. The number of carboxylic acids is 1. The number of nitrogens with zero attached hydrogens (tertiary/aromatic N) is 3. The number of hydrogen-bond donors (Lipinski definition) is 2. The largest absolute Gasteiger partial charge is 0.477 e. The predicted octanol–water partition coefficient (Wildman–Crippen LogP) is 1.62. The molecule has 2 rings (SSSR count). The predicted molar refractivity (Wildman–Crippen MR) is 79.9 cm³/mol. The number of carboxylic acid groups (broad SMARTS) is 1. The number of aryl methyl sites for hydroxylation is 1. The van der Waals surface area contributed by atoms with Gasteiger partial charge in [-0.15, -0.1) is 11.3 Å². The van der Waals surface area contributed by atoms with Crippen LogP contribution in [0.3, 0.4) is 0 Å². The van der Waals surface area contributed by atoms with Crippen molar-refractivity contribution < 1.29 is 14.7 Å². The average Bonchev–Trinajstić information content (AvgIpc) is 2.80. The van der Waals surface area contributed by atoms with Crippen LogP contribution in [0.15, 0.2) is 24.5 Å². The van der Waals surface area contributed by atoms with Crippen LogP contribution in [0.5, 0.6) is 0 Å². The Morgan fingerprint density at radius 1 is 1.38 bits per heavy atom. The average molecular weight is 306 g/mol. The van der Waals surface area contributed by atoms with E-state index in [2.05, 4.69) is 15.3 Å². The second-order valence-corrected chi connectivity index (χ2v) is 5.43. The summed E-state index contributed by atoms with van der Waals surface area (Å²) in [4.78, 5) is 32.8. The molecule has 110 valence electrons. The van der Waals surface area contributed by atoms with E-state index in [-0.39, 0.29) is 17.3 Å². The highest BCUT2D eigenvalue weighted by Crippen LogP contribution is 2.26. The van der Waals surface area contributed by atoms with Gasteiger partial charge in [-0.25, -0.2) is 14.8 Å². The fourth-order valence-electron chi connectivity index (χ4n) is 1.71. The van der Waals surface area contributed by atoms with Gasteiger partial charge in [-0.1, -0.05) is 0 Å². The van der Waals surface area contributed by atoms with Crippen LogP contribution in [0.4, 0.5) is 10.9 Å². The maximum Gasteiger partial charge on any atom is 0.346 e. The van der Waals surface area contributed by atoms with Crippen molar-refractivity contribution in [1.82, 2.24) is 9.97 Å². The molecule has 2 N–H and O–H groups in total. The summed E-state index contributed by atoms with van der Waals surface area (Å²) < 4.78 is 0. The first-order valence-electron chi connectivity index (χ1n) is 6.09. The number of hydrogen-bond acceptors (Lipinski definition) is 6. The fourth-order valence-corrected chi connectivity index (χ4v) is 2.64. The van der Waals surface area contributed by atoms with Crippen LogP contribution in [0.2, 0.25) is 0 Å². The first kappa shape index (κ1) is 14.9. The summed E-state index contributed by atoms with van der Waals surface area (Å²) in [7, 11) is 1.71. The highest BCUT2D eigenvalue weighted by Gasteiger charge is 2.15. The van der Waals surface area contributed by atoms with Crippen molar-refractivity contribution in [1.29, 1.82) is 0 Å². The van der Waals surface area contributed by atoms with Crippen molar-refractivity contribution in [2.45, 2.75) is 6.92 Å². The van der Waals surface area contributed by atoms with Gasteiger partial charge in [0.1, 0.15) is 4.88 Å². The van der Waals surface area contributed by atoms with Gasteiger partial charge in [-0.2, -0.15) is 0 Å². The molecule has 0 aliphatic heterocycles. The summed E-state index contributed by atoms with van der Waals surface area (Å²) in [5, 5.41) is 12.2. The molecule has 0 aromatic carbocycles. The van der Waals surface area contributed by atoms with Gasteiger partial charge in [0.15, 0.2) is 0 Å². The molecule has 21 heavy (non-hydrogen) atoms. The lowest BCUT2D eigenvalue weighted by molar-refractivity contribution is -0.114. The molecule has 0 radical (unpaired) electrons. The van der Waals surface area contributed by atoms with Gasteiger partial charge in [0, 0.05) is 19.4 Å². The maximum absolute atomic E-state index is 11.9. The number of likely N-dealkylation sites (N-methyl/N-ethyl adjacent to an activating group) is 1. The lowest BCUT2D eigenvalue weighted by Gasteiger charge is -2.15. The standard InChI is InChI=1S/C13H14N4O3S/c1-8-6-10(21-11(8)12(19)20)16-9(18)7-17(2)13-14-4-3-5-15-13/h3-6H,7H2,1-2H3,(H,16,18)(H,19,20). The topological polar surface area (TPSA) is 95.4 Å². The van der Waals surface area contributed by atoms with E-state index < -0.39 is 5.97 Å². The first-order chi connectivity index (χ1) is 9.97. The number of carbonyl (C=O) groups is 2. The monoisotopic (exact) mass is 306 g/mol. The van der Waals surface area contributed by atoms with E-state index >= 15 is 0 Å². The minimum absolute atomic E-state index is 0.0728. The number of thiophene rings is 1. The fraction of sp³-hybridized carbons (Fsp3) is 0.231. The van der Waals surface area contributed by atoms with Crippen LogP contribution in [-0.4, -0.2) is 40.5 Å². The van der Waals surface area contributed by atoms with E-state index in [1.807, 2.05) is 0 Å². The summed E-state index contributed by atoms with van der Waals surface area (Å²) >= 11 is 1.04. The van der Waals surface area contributed by atoms with E-state index in [4.69, 9.17) is 5.11 Å². The number of aromatic nitrogens is 2. The Balaban J connectivity index is 1.99. The van der Waals surface area contributed by atoms with Gasteiger partial charge in [-0.05, 0) is 24.6 Å². The van der Waals surface area contributed by atoms with Crippen LogP contribution in [0.1, 0.15) is 15.2 Å². The van der Waals surface area contributed by atoms with Crippen molar-refractivity contribution in [3.05, 3.63) is 35.0 Å². The molecular weight excluding hydrogens is 292 g/mol. The molecule has 1 amide bonds. The molecule has 2 heterocycles. The molecule has 0 saturated carbocycles. The molecule has 0 fully saturated rings. The second-order valence-electron chi connectivity index (χ2n) is 4.38. The van der Waals surface area contributed by atoms with E-state index in [1.165, 1.54) is 0 Å². The van der Waals surface area contributed by atoms with Crippen LogP contribution >= 0.6 is 11.3 Å². The molecule has 0 unspecified atom stereocenters. The molecule has 0 aliphatic rings. The second kappa shape index (κ2) is 6.31. The van der Waals surface area contributed by atoms with Crippen molar-refractivity contribution in [3.63, 3.8) is 0 Å². The minimum atomic E-state index is -0.993. The van der Waals surface area contributed by atoms with Gasteiger partial charge in [0.05, 0.1) is 11.5 Å². The molecule has 2 aromatic heterocycles. The zero-order valence-electron chi connectivity index (χ0n) is 11.5. The summed E-state index contributed by atoms with van der Waals surface area (Å²) in [6.45, 7) is 1.77. The molecular formula is C13H14N4O3S. The number of nitrogens with one attached hydrogen (secondary N) is 1. The third-order valence-corrected chi connectivity index (χ3v) is 3.79. The Bertz CT molecular complexity index is 657. The lowest BCUT2D eigenvalue weighted by Crippen LogP contribution is -2.30. The minimum Gasteiger partial charge on any atom is -0.477 e. The number of carbonyl (C=O) groups excluding carboxylic acids is 1. The SMILES string of the molecule is Cc1cc(NC(=O)CN(C)c2ncccn2)sc1C(=O)O. The quantitative estimate of drug-likeness (QED) is 0.871. The van der Waals surface area contributed by atoms with Gasteiger partial charge in [0.25, 0.3) is 0 Å². The first-order valence-corrected chi connectivity index (χ1v) is 6.90. The number of rotatable bonds is 5. The molecule has 0 bridgehead atoms. The number of anilines is 2. The van der Waals surface area contributed by atoms with E-state index in [1.54, 1.807) is 43.4 Å². The molecule has 0 atom stereocenters. The zero-order chi connectivity index (χ0) is 15.4. The van der Waals surface area contributed by atoms with E-state index in [0.717, 1.165) is 11.3 Å². The van der Waals surface area contributed by atoms with Gasteiger partial charge in [0.2, 0.25) is 11.9 Å². The molecule has 7 nitrogen and oxygen atoms in total. The van der Waals surface area contributed by atoms with Gasteiger partial charge >= 0.3 is 5.97 Å². The van der Waals surface area contributed by atoms with Crippen LogP contribution in [-0.2, 0) is 4.79 Å². The zero-order valence-corrected chi connectivity index (χ0v) is 12.3. The Labute approximate surface area is 125 Å². The van der Waals surface area contributed by atoms with E-state index in [9.17, 15) is 9.59 Å². The van der Waals surface area contributed by atoms with E-state index in [0.29, 0.717) is 16.5 Å². The van der Waals surface area contributed by atoms with Crippen molar-refractivity contribution in [2.24, 2.45) is 0 Å². The molecule has 2 aromatic rings. The van der Waals surface area contributed by atoms with Gasteiger partial charge < -0.3 is 15.3 Å². The molecule has 8 heteroatoms. The smallest absolute Gasteiger partial charge is 0.346 e. The van der Waals surface area contributed by atoms with Crippen LogP contribution in [0, 0.1) is 6.92 Å². The Kier molecular flexibility index (Phi) is 4.49. The van der Waals surface area contributed by atoms with Crippen molar-refractivity contribution in [2.75, 3.05) is 23.8 Å². The summed E-state index contributed by atoms with van der Waals surface area (Å²) in [5.74, 6) is -0.808. The Hall–Kier alpha value is -2.48. The number of aromatic carboxylic acids is 1. The van der Waals surface area contributed by atoms with Crippen molar-refractivity contribution >= 4 is 34.2 Å². The van der Waals surface area contributed by atoms with Crippen LogP contribution < -0.4 is 10.2 Å². The third-order valence-electron chi connectivity index (χ3n) is 2.65. The normalized spacial score (nSPS) is 10.2. The van der Waals surface area contributed by atoms with Gasteiger partial charge in [-0.3, -0.25) is 4.79 Å². The van der Waals surface area contributed by atoms with Crippen LogP contribution in [0.25, 0.3) is 0 Å². The Morgan fingerprint density at radius 2 is 2.05 bits per heavy atom. The highest BCUT2D eigenvalue weighted by molar-refractivity contribution is 7.18. The molecule has 0 aliphatic carbocycles. The maximum atomic E-state index is 11.9. The molecule has 0 spiro atoms. The lowest BCUT2D eigenvalue weighted by atomic mass is 10.3.